The Labute approximate surface area is 74.0 Å². The maximum absolute atomic E-state index is 10.4. The highest BCUT2D eigenvalue weighted by molar-refractivity contribution is 5.65. The summed E-state index contributed by atoms with van der Waals surface area (Å²) in [6, 6.07) is 0. The van der Waals surface area contributed by atoms with E-state index in [9.17, 15) is 4.79 Å². The van der Waals surface area contributed by atoms with Gasteiger partial charge < -0.3 is 9.47 Å². The minimum atomic E-state index is -0.249. The van der Waals surface area contributed by atoms with Crippen molar-refractivity contribution in [3.8, 4) is 0 Å². The van der Waals surface area contributed by atoms with Crippen molar-refractivity contribution in [1.82, 2.24) is 0 Å². The number of carbonyl (C=O) groups is 1. The van der Waals surface area contributed by atoms with Crippen LogP contribution in [0.25, 0.3) is 0 Å². The highest BCUT2D eigenvalue weighted by Crippen LogP contribution is 1.95. The third-order valence-corrected chi connectivity index (χ3v) is 1.42. The summed E-state index contributed by atoms with van der Waals surface area (Å²) in [5, 5.41) is 0. The molecule has 0 saturated heterocycles. The minimum absolute atomic E-state index is 0.0143. The average Bonchev–Trinajstić information content (AvgIpc) is 2.01. The van der Waals surface area contributed by atoms with E-state index in [0.29, 0.717) is 6.61 Å². The summed E-state index contributed by atoms with van der Waals surface area (Å²) in [7, 11) is 0. The van der Waals surface area contributed by atoms with Gasteiger partial charge in [0.1, 0.15) is 6.61 Å². The Balaban J connectivity index is 3.21. The molecule has 0 saturated carbocycles. The zero-order valence-corrected chi connectivity index (χ0v) is 8.13. The van der Waals surface area contributed by atoms with Crippen molar-refractivity contribution in [1.29, 1.82) is 0 Å². The van der Waals surface area contributed by atoms with E-state index in [1.54, 1.807) is 0 Å². The number of unbranched alkanes of at least 4 members (excludes halogenated alkanes) is 1. The maximum atomic E-state index is 10.4. The van der Waals surface area contributed by atoms with Crippen LogP contribution in [0.3, 0.4) is 0 Å². The molecule has 0 aromatic heterocycles. The number of esters is 1. The van der Waals surface area contributed by atoms with Gasteiger partial charge in [-0.2, -0.15) is 0 Å². The lowest BCUT2D eigenvalue weighted by molar-refractivity contribution is -0.144. The van der Waals surface area contributed by atoms with E-state index in [1.807, 2.05) is 6.92 Å². The van der Waals surface area contributed by atoms with Crippen LogP contribution in [0.2, 0.25) is 0 Å². The van der Waals surface area contributed by atoms with E-state index in [-0.39, 0.29) is 12.1 Å². The van der Waals surface area contributed by atoms with Gasteiger partial charge >= 0.3 is 5.97 Å². The predicted octanol–water partition coefficient (Wildman–Crippen LogP) is 1.75. The zero-order chi connectivity index (χ0) is 9.40. The molecule has 12 heavy (non-hydrogen) atoms. The number of ether oxygens (including phenoxy) is 2. The predicted molar refractivity (Wildman–Crippen MR) is 47.0 cm³/mol. The Kier molecular flexibility index (Phi) is 6.76. The van der Waals surface area contributed by atoms with Gasteiger partial charge in [0.15, 0.2) is 0 Å². The summed E-state index contributed by atoms with van der Waals surface area (Å²) in [5.74, 6) is -0.249. The van der Waals surface area contributed by atoms with Crippen molar-refractivity contribution in [2.75, 3.05) is 13.2 Å². The third-order valence-electron chi connectivity index (χ3n) is 1.42. The van der Waals surface area contributed by atoms with E-state index >= 15 is 0 Å². The molecule has 72 valence electrons. The van der Waals surface area contributed by atoms with Gasteiger partial charge in [-0.05, 0) is 13.3 Å². The topological polar surface area (TPSA) is 35.5 Å². The van der Waals surface area contributed by atoms with E-state index < -0.39 is 0 Å². The average molecular weight is 174 g/mol. The highest BCUT2D eigenvalue weighted by Gasteiger charge is 2.02. The Bertz CT molecular complexity index is 123. The summed E-state index contributed by atoms with van der Waals surface area (Å²) in [6.45, 7) is 6.52. The van der Waals surface area contributed by atoms with Crippen LogP contribution in [0.5, 0.6) is 0 Å². The number of hydrogen-bond acceptors (Lipinski definition) is 3. The van der Waals surface area contributed by atoms with Gasteiger partial charge in [0.05, 0.1) is 6.10 Å². The molecule has 0 amide bonds. The fourth-order valence-electron chi connectivity index (χ4n) is 0.712. The summed E-state index contributed by atoms with van der Waals surface area (Å²) < 4.78 is 10.1. The molecule has 0 aliphatic heterocycles. The molecular formula is C9H18O3. The van der Waals surface area contributed by atoms with Crippen LogP contribution in [-0.4, -0.2) is 25.3 Å². The lowest BCUT2D eigenvalue weighted by Gasteiger charge is -2.11. The van der Waals surface area contributed by atoms with Gasteiger partial charge in [0.2, 0.25) is 0 Å². The fourth-order valence-corrected chi connectivity index (χ4v) is 0.712. The lowest BCUT2D eigenvalue weighted by atomic mass is 10.3. The van der Waals surface area contributed by atoms with Crippen molar-refractivity contribution < 1.29 is 14.3 Å². The third kappa shape index (κ3) is 7.54. The molecule has 0 spiro atoms. The van der Waals surface area contributed by atoms with E-state index in [1.165, 1.54) is 6.92 Å². The van der Waals surface area contributed by atoms with Crippen LogP contribution in [0, 0.1) is 0 Å². The summed E-state index contributed by atoms with van der Waals surface area (Å²) in [4.78, 5) is 10.4. The van der Waals surface area contributed by atoms with Crippen molar-refractivity contribution in [2.45, 2.75) is 39.7 Å². The molecule has 3 nitrogen and oxygen atoms in total. The van der Waals surface area contributed by atoms with Crippen molar-refractivity contribution in [3.05, 3.63) is 0 Å². The van der Waals surface area contributed by atoms with Gasteiger partial charge in [0.25, 0.3) is 0 Å². The normalized spacial score (nSPS) is 12.6. The number of carbonyl (C=O) groups excluding carboxylic acids is 1. The van der Waals surface area contributed by atoms with Gasteiger partial charge in [0, 0.05) is 13.5 Å². The molecular weight excluding hydrogens is 156 g/mol. The molecule has 0 fully saturated rings. The SMILES string of the molecule is CCCCOC(C)COC(C)=O. The van der Waals surface area contributed by atoms with Crippen molar-refractivity contribution in [2.24, 2.45) is 0 Å². The second-order valence-electron chi connectivity index (χ2n) is 2.84. The number of rotatable bonds is 6. The van der Waals surface area contributed by atoms with Gasteiger partial charge in [-0.25, -0.2) is 0 Å². The first-order valence-electron chi connectivity index (χ1n) is 4.41. The minimum Gasteiger partial charge on any atom is -0.463 e. The van der Waals surface area contributed by atoms with Crippen LogP contribution < -0.4 is 0 Å². The standard InChI is InChI=1S/C9H18O3/c1-4-5-6-11-8(2)7-12-9(3)10/h8H,4-7H2,1-3H3. The van der Waals surface area contributed by atoms with Gasteiger partial charge in [-0.15, -0.1) is 0 Å². The van der Waals surface area contributed by atoms with Gasteiger partial charge in [-0.3, -0.25) is 4.79 Å². The van der Waals surface area contributed by atoms with E-state index in [2.05, 4.69) is 6.92 Å². The number of hydrogen-bond donors (Lipinski definition) is 0. The molecule has 0 bridgehead atoms. The quantitative estimate of drug-likeness (QED) is 0.454. The molecule has 0 N–H and O–H groups in total. The molecule has 3 heteroatoms. The molecule has 0 aromatic rings. The van der Waals surface area contributed by atoms with Crippen molar-refractivity contribution >= 4 is 5.97 Å². The highest BCUT2D eigenvalue weighted by atomic mass is 16.6. The van der Waals surface area contributed by atoms with Crippen molar-refractivity contribution in [3.63, 3.8) is 0 Å². The second-order valence-corrected chi connectivity index (χ2v) is 2.84. The Morgan fingerprint density at radius 2 is 2.17 bits per heavy atom. The smallest absolute Gasteiger partial charge is 0.302 e. The fraction of sp³-hybridized carbons (Fsp3) is 0.889. The van der Waals surface area contributed by atoms with Crippen LogP contribution in [0.4, 0.5) is 0 Å². The molecule has 0 rings (SSSR count). The lowest BCUT2D eigenvalue weighted by Crippen LogP contribution is -2.18. The molecule has 0 heterocycles. The Morgan fingerprint density at radius 3 is 2.67 bits per heavy atom. The molecule has 0 aliphatic rings. The summed E-state index contributed by atoms with van der Waals surface area (Å²) in [6.07, 6.45) is 2.20. The first-order chi connectivity index (χ1) is 5.66. The van der Waals surface area contributed by atoms with Crippen LogP contribution in [0.15, 0.2) is 0 Å². The molecule has 0 aliphatic carbocycles. The second kappa shape index (κ2) is 7.10. The van der Waals surface area contributed by atoms with E-state index in [0.717, 1.165) is 19.4 Å². The first-order valence-corrected chi connectivity index (χ1v) is 4.41. The van der Waals surface area contributed by atoms with Crippen LogP contribution in [-0.2, 0) is 14.3 Å². The Morgan fingerprint density at radius 1 is 1.50 bits per heavy atom. The van der Waals surface area contributed by atoms with Gasteiger partial charge in [-0.1, -0.05) is 13.3 Å². The Hall–Kier alpha value is -0.570. The molecule has 1 atom stereocenters. The molecule has 0 radical (unpaired) electrons. The molecule has 1 unspecified atom stereocenters. The molecule has 0 aromatic carbocycles. The van der Waals surface area contributed by atoms with Crippen LogP contribution in [0.1, 0.15) is 33.6 Å². The van der Waals surface area contributed by atoms with E-state index in [4.69, 9.17) is 9.47 Å². The summed E-state index contributed by atoms with van der Waals surface area (Å²) in [5.41, 5.74) is 0. The maximum Gasteiger partial charge on any atom is 0.302 e. The monoisotopic (exact) mass is 174 g/mol. The summed E-state index contributed by atoms with van der Waals surface area (Å²) >= 11 is 0. The van der Waals surface area contributed by atoms with Crippen LogP contribution >= 0.6 is 0 Å². The first kappa shape index (κ1) is 11.4. The largest absolute Gasteiger partial charge is 0.463 e. The zero-order valence-electron chi connectivity index (χ0n) is 8.13.